The van der Waals surface area contributed by atoms with Gasteiger partial charge in [0.15, 0.2) is 0 Å². The van der Waals surface area contributed by atoms with Crippen molar-refractivity contribution in [3.63, 3.8) is 0 Å². The van der Waals surface area contributed by atoms with E-state index in [4.69, 9.17) is 5.11 Å². The first-order valence-electron chi connectivity index (χ1n) is 11.3. The van der Waals surface area contributed by atoms with Crippen LogP contribution in [0.5, 0.6) is 0 Å². The minimum absolute atomic E-state index is 0.316. The van der Waals surface area contributed by atoms with E-state index in [9.17, 15) is 0 Å². The van der Waals surface area contributed by atoms with Crippen LogP contribution in [0.1, 0.15) is 104 Å². The molecule has 0 amide bonds. The summed E-state index contributed by atoms with van der Waals surface area (Å²) < 4.78 is 1.03. The summed E-state index contributed by atoms with van der Waals surface area (Å²) in [6, 6.07) is 0. The van der Waals surface area contributed by atoms with Crippen LogP contribution in [-0.2, 0) is 0 Å². The molecule has 1 unspecified atom stereocenters. The maximum Gasteiger partial charge on any atom is 0.102 e. The third kappa shape index (κ3) is 16.9. The summed E-state index contributed by atoms with van der Waals surface area (Å²) in [5.74, 6) is 0. The monoisotopic (exact) mass is 354 g/mol. The fourth-order valence-electron chi connectivity index (χ4n) is 3.41. The van der Waals surface area contributed by atoms with Crippen molar-refractivity contribution in [3.8, 4) is 0 Å². The Morgan fingerprint density at radius 2 is 1.12 bits per heavy atom. The second-order valence-electron chi connectivity index (χ2n) is 8.04. The molecule has 0 fully saturated rings. The van der Waals surface area contributed by atoms with Crippen LogP contribution in [0.25, 0.3) is 0 Å². The van der Waals surface area contributed by atoms with Crippen LogP contribution in [0.3, 0.4) is 0 Å². The summed E-state index contributed by atoms with van der Waals surface area (Å²) in [6.07, 6.45) is 24.0. The molecule has 0 aliphatic carbocycles. The predicted molar refractivity (Wildman–Crippen MR) is 113 cm³/mol. The molecule has 0 radical (unpaired) electrons. The molecule has 0 aromatic carbocycles. The molecule has 1 N–H and O–H groups in total. The first kappa shape index (κ1) is 24.7. The third-order valence-corrected chi connectivity index (χ3v) is 5.61. The van der Waals surface area contributed by atoms with E-state index < -0.39 is 0 Å². The number of aliphatic hydroxyl groups is 1. The lowest BCUT2D eigenvalue weighted by molar-refractivity contribution is -0.908. The van der Waals surface area contributed by atoms with Gasteiger partial charge in [-0.25, -0.2) is 0 Å². The molecular weight excluding hydrogens is 306 g/mol. The number of likely N-dealkylation sites (N-methyl/N-ethyl adjacent to an activating group) is 1. The van der Waals surface area contributed by atoms with Crippen LogP contribution >= 0.6 is 0 Å². The number of nitrogens with zero attached hydrogens (tertiary/aromatic N) is 1. The Kier molecular flexibility index (Phi) is 18.2. The second-order valence-corrected chi connectivity index (χ2v) is 8.04. The van der Waals surface area contributed by atoms with Gasteiger partial charge in [-0.2, -0.15) is 0 Å². The van der Waals surface area contributed by atoms with Crippen molar-refractivity contribution in [1.29, 1.82) is 0 Å². The highest BCUT2D eigenvalue weighted by Crippen LogP contribution is 2.11. The molecule has 0 saturated carbocycles. The van der Waals surface area contributed by atoms with Crippen molar-refractivity contribution in [2.24, 2.45) is 0 Å². The van der Waals surface area contributed by atoms with Crippen LogP contribution in [0.2, 0.25) is 0 Å². The number of rotatable bonds is 19. The Morgan fingerprint density at radius 1 is 0.640 bits per heavy atom. The number of hydrogen-bond donors (Lipinski definition) is 1. The van der Waals surface area contributed by atoms with Gasteiger partial charge in [0.25, 0.3) is 0 Å². The standard InChI is InChI=1S/C23H48NO/c1-4-6-7-8-9-10-11-12-13-14-15-16-17-18-19-20-21-24(3,5-2)22-23-25/h12-13,25H,4-11,14-23H2,1-3H3/q+1/b13-12-. The molecule has 0 aromatic heterocycles. The van der Waals surface area contributed by atoms with E-state index in [0.717, 1.165) is 17.6 Å². The van der Waals surface area contributed by atoms with Crippen LogP contribution in [-0.4, -0.2) is 42.9 Å². The summed E-state index contributed by atoms with van der Waals surface area (Å²) in [6.45, 7) is 8.08. The quantitative estimate of drug-likeness (QED) is 0.160. The number of quaternary nitrogens is 1. The molecule has 2 heteroatoms. The average Bonchev–Trinajstić information content (AvgIpc) is 2.61. The molecule has 0 aromatic rings. The summed E-state index contributed by atoms with van der Waals surface area (Å²) >= 11 is 0. The fourth-order valence-corrected chi connectivity index (χ4v) is 3.41. The van der Waals surface area contributed by atoms with Gasteiger partial charge in [0.1, 0.15) is 6.54 Å². The molecule has 0 bridgehead atoms. The Balaban J connectivity index is 3.29. The summed E-state index contributed by atoms with van der Waals surface area (Å²) in [7, 11) is 2.27. The lowest BCUT2D eigenvalue weighted by atomic mass is 10.1. The van der Waals surface area contributed by atoms with Gasteiger partial charge < -0.3 is 9.59 Å². The van der Waals surface area contributed by atoms with E-state index in [0.29, 0.717) is 6.61 Å². The lowest BCUT2D eigenvalue weighted by Gasteiger charge is -2.32. The molecule has 150 valence electrons. The Labute approximate surface area is 159 Å². The summed E-state index contributed by atoms with van der Waals surface area (Å²) in [5, 5.41) is 9.15. The minimum atomic E-state index is 0.316. The molecule has 0 rings (SSSR count). The largest absolute Gasteiger partial charge is 0.391 e. The average molecular weight is 355 g/mol. The first-order valence-corrected chi connectivity index (χ1v) is 11.3. The third-order valence-electron chi connectivity index (χ3n) is 5.61. The SMILES string of the molecule is CCCCCCCC/C=C\CCCCCCCC[N+](C)(CC)CCO. The topological polar surface area (TPSA) is 20.2 Å². The van der Waals surface area contributed by atoms with Crippen molar-refractivity contribution < 1.29 is 9.59 Å². The maximum atomic E-state index is 9.15. The number of aliphatic hydroxyl groups excluding tert-OH is 1. The smallest absolute Gasteiger partial charge is 0.102 e. The zero-order valence-corrected chi connectivity index (χ0v) is 17.8. The maximum absolute atomic E-state index is 9.15. The van der Waals surface area contributed by atoms with Crippen LogP contribution in [0.15, 0.2) is 12.2 Å². The van der Waals surface area contributed by atoms with Gasteiger partial charge in [-0.1, -0.05) is 70.4 Å². The Bertz CT molecular complexity index is 290. The molecule has 1 atom stereocenters. The number of hydrogen-bond acceptors (Lipinski definition) is 1. The van der Waals surface area contributed by atoms with Gasteiger partial charge >= 0.3 is 0 Å². The Morgan fingerprint density at radius 3 is 1.60 bits per heavy atom. The van der Waals surface area contributed by atoms with Crippen LogP contribution in [0.4, 0.5) is 0 Å². The van der Waals surface area contributed by atoms with E-state index in [1.54, 1.807) is 0 Å². The number of allylic oxidation sites excluding steroid dienone is 2. The van der Waals surface area contributed by atoms with E-state index in [2.05, 4.69) is 33.0 Å². The predicted octanol–water partition coefficient (Wildman–Crippen LogP) is 6.48. The normalized spacial score (nSPS) is 14.2. The van der Waals surface area contributed by atoms with Gasteiger partial charge in [0.05, 0.1) is 26.7 Å². The van der Waals surface area contributed by atoms with Crippen molar-refractivity contribution in [2.45, 2.75) is 104 Å². The molecule has 0 aliphatic rings. The highest BCUT2D eigenvalue weighted by atomic mass is 16.3. The van der Waals surface area contributed by atoms with Gasteiger partial charge in [-0.3, -0.25) is 0 Å². The van der Waals surface area contributed by atoms with Crippen LogP contribution < -0.4 is 0 Å². The molecular formula is C23H48NO+. The van der Waals surface area contributed by atoms with Crippen molar-refractivity contribution in [3.05, 3.63) is 12.2 Å². The van der Waals surface area contributed by atoms with Gasteiger partial charge in [-0.05, 0) is 45.4 Å². The molecule has 0 heterocycles. The first-order chi connectivity index (χ1) is 12.2. The van der Waals surface area contributed by atoms with E-state index >= 15 is 0 Å². The van der Waals surface area contributed by atoms with Gasteiger partial charge in [0.2, 0.25) is 0 Å². The number of unbranched alkanes of at least 4 members (excludes halogenated alkanes) is 12. The molecule has 0 saturated heterocycles. The van der Waals surface area contributed by atoms with Gasteiger partial charge in [0, 0.05) is 0 Å². The summed E-state index contributed by atoms with van der Waals surface area (Å²) in [5.41, 5.74) is 0. The zero-order valence-electron chi connectivity index (χ0n) is 17.8. The van der Waals surface area contributed by atoms with E-state index in [1.807, 2.05) is 0 Å². The fraction of sp³-hybridized carbons (Fsp3) is 0.913. The summed E-state index contributed by atoms with van der Waals surface area (Å²) in [4.78, 5) is 0. The zero-order chi connectivity index (χ0) is 18.6. The van der Waals surface area contributed by atoms with Crippen molar-refractivity contribution in [2.75, 3.05) is 33.3 Å². The minimum Gasteiger partial charge on any atom is -0.391 e. The molecule has 25 heavy (non-hydrogen) atoms. The van der Waals surface area contributed by atoms with Gasteiger partial charge in [-0.15, -0.1) is 0 Å². The van der Waals surface area contributed by atoms with Crippen molar-refractivity contribution >= 4 is 0 Å². The van der Waals surface area contributed by atoms with Crippen molar-refractivity contribution in [1.82, 2.24) is 0 Å². The lowest BCUT2D eigenvalue weighted by Crippen LogP contribution is -2.46. The molecule has 0 spiro atoms. The second kappa shape index (κ2) is 18.5. The highest BCUT2D eigenvalue weighted by Gasteiger charge is 2.17. The van der Waals surface area contributed by atoms with E-state index in [-0.39, 0.29) is 0 Å². The highest BCUT2D eigenvalue weighted by molar-refractivity contribution is 4.81. The molecule has 2 nitrogen and oxygen atoms in total. The molecule has 0 aliphatic heterocycles. The van der Waals surface area contributed by atoms with Crippen LogP contribution in [0, 0.1) is 0 Å². The Hall–Kier alpha value is -0.340. The van der Waals surface area contributed by atoms with E-state index in [1.165, 1.54) is 96.4 Å².